The maximum Gasteiger partial charge on any atom is 0.272 e. The fourth-order valence-electron chi connectivity index (χ4n) is 4.11. The summed E-state index contributed by atoms with van der Waals surface area (Å²) in [5.74, 6) is 0.0246. The second-order valence-electron chi connectivity index (χ2n) is 7.91. The minimum Gasteiger partial charge on any atom is -0.338 e. The van der Waals surface area contributed by atoms with Crippen molar-refractivity contribution in [3.05, 3.63) is 93.9 Å². The number of carbonyl (C=O) groups is 1. The van der Waals surface area contributed by atoms with Crippen LogP contribution in [0.2, 0.25) is 0 Å². The molecule has 150 valence electrons. The first-order chi connectivity index (χ1) is 14.6. The minimum absolute atomic E-state index is 0.0729. The van der Waals surface area contributed by atoms with Gasteiger partial charge >= 0.3 is 0 Å². The van der Waals surface area contributed by atoms with E-state index in [1.54, 1.807) is 6.07 Å². The Morgan fingerprint density at radius 2 is 1.87 bits per heavy atom. The summed E-state index contributed by atoms with van der Waals surface area (Å²) < 4.78 is 1.46. The van der Waals surface area contributed by atoms with Gasteiger partial charge < -0.3 is 4.90 Å². The molecule has 2 aromatic heterocycles. The largest absolute Gasteiger partial charge is 0.338 e. The molecule has 0 saturated carbocycles. The predicted molar refractivity (Wildman–Crippen MR) is 115 cm³/mol. The molecular weight excluding hydrogens is 376 g/mol. The summed E-state index contributed by atoms with van der Waals surface area (Å²) >= 11 is 0. The number of aryl methyl sites for hydroxylation is 1. The number of hydrogen-bond acceptors (Lipinski definition) is 3. The van der Waals surface area contributed by atoms with Crippen molar-refractivity contribution in [3.63, 3.8) is 0 Å². The Hall–Kier alpha value is -3.67. The number of H-pyrrole nitrogens is 1. The van der Waals surface area contributed by atoms with Crippen LogP contribution in [-0.4, -0.2) is 31.9 Å². The van der Waals surface area contributed by atoms with Gasteiger partial charge in [0.05, 0.1) is 11.4 Å². The molecule has 1 unspecified atom stereocenters. The van der Waals surface area contributed by atoms with E-state index in [9.17, 15) is 9.59 Å². The van der Waals surface area contributed by atoms with Crippen LogP contribution < -0.4 is 5.56 Å². The Kier molecular flexibility index (Phi) is 4.47. The Bertz CT molecular complexity index is 1290. The van der Waals surface area contributed by atoms with Gasteiger partial charge in [0.1, 0.15) is 0 Å². The highest BCUT2D eigenvalue weighted by molar-refractivity contribution is 5.79. The Balaban J connectivity index is 1.44. The molecule has 30 heavy (non-hydrogen) atoms. The van der Waals surface area contributed by atoms with E-state index in [0.29, 0.717) is 30.9 Å². The highest BCUT2D eigenvalue weighted by Crippen LogP contribution is 2.28. The van der Waals surface area contributed by atoms with Gasteiger partial charge in [-0.25, -0.2) is 9.50 Å². The van der Waals surface area contributed by atoms with Crippen molar-refractivity contribution in [2.24, 2.45) is 0 Å². The van der Waals surface area contributed by atoms with E-state index in [-0.39, 0.29) is 17.4 Å². The highest BCUT2D eigenvalue weighted by atomic mass is 16.2. The summed E-state index contributed by atoms with van der Waals surface area (Å²) in [6, 6.07) is 21.5. The quantitative estimate of drug-likeness (QED) is 0.572. The number of carbonyl (C=O) groups excluding carboxylic acids is 1. The molecule has 1 aliphatic heterocycles. The van der Waals surface area contributed by atoms with Crippen LogP contribution >= 0.6 is 0 Å². The Morgan fingerprint density at radius 1 is 1.03 bits per heavy atom. The van der Waals surface area contributed by atoms with Crippen molar-refractivity contribution < 1.29 is 4.79 Å². The SMILES string of the molecule is Cc1cccc(-c2cc3nc(C4CC(=O)N(Cc5ccccc5)C4)cc(=O)n3[nH]2)c1. The van der Waals surface area contributed by atoms with Gasteiger partial charge in [-0.15, -0.1) is 0 Å². The average molecular weight is 398 g/mol. The van der Waals surface area contributed by atoms with Crippen molar-refractivity contribution >= 4 is 11.6 Å². The van der Waals surface area contributed by atoms with Crippen LogP contribution in [0.4, 0.5) is 0 Å². The number of benzene rings is 2. The highest BCUT2D eigenvalue weighted by Gasteiger charge is 2.32. The molecule has 1 amide bonds. The normalized spacial score (nSPS) is 16.5. The molecule has 4 aromatic rings. The molecule has 1 aliphatic rings. The number of aromatic amines is 1. The second-order valence-corrected chi connectivity index (χ2v) is 7.91. The lowest BCUT2D eigenvalue weighted by Crippen LogP contribution is -2.24. The molecule has 1 fully saturated rings. The fourth-order valence-corrected chi connectivity index (χ4v) is 4.11. The smallest absolute Gasteiger partial charge is 0.272 e. The van der Waals surface area contributed by atoms with E-state index in [2.05, 4.69) is 11.2 Å². The predicted octanol–water partition coefficient (Wildman–Crippen LogP) is 3.51. The molecule has 0 radical (unpaired) electrons. The molecule has 3 heterocycles. The number of fused-ring (bicyclic) bond motifs is 1. The Morgan fingerprint density at radius 3 is 2.67 bits per heavy atom. The van der Waals surface area contributed by atoms with Gasteiger partial charge in [-0.05, 0) is 24.1 Å². The molecule has 0 bridgehead atoms. The zero-order valence-corrected chi connectivity index (χ0v) is 16.7. The van der Waals surface area contributed by atoms with E-state index in [0.717, 1.165) is 22.4 Å². The number of aromatic nitrogens is 3. The number of likely N-dealkylation sites (tertiary alicyclic amines) is 1. The molecular formula is C24H22N4O2. The number of nitrogens with zero attached hydrogens (tertiary/aromatic N) is 3. The monoisotopic (exact) mass is 398 g/mol. The van der Waals surface area contributed by atoms with Crippen LogP contribution in [0.3, 0.4) is 0 Å². The van der Waals surface area contributed by atoms with Crippen molar-refractivity contribution in [1.82, 2.24) is 19.5 Å². The number of hydrogen-bond donors (Lipinski definition) is 1. The number of amides is 1. The number of rotatable bonds is 4. The zero-order valence-electron chi connectivity index (χ0n) is 16.7. The van der Waals surface area contributed by atoms with E-state index < -0.39 is 0 Å². The van der Waals surface area contributed by atoms with Crippen LogP contribution in [-0.2, 0) is 11.3 Å². The van der Waals surface area contributed by atoms with Crippen molar-refractivity contribution in [1.29, 1.82) is 0 Å². The molecule has 1 saturated heterocycles. The van der Waals surface area contributed by atoms with Gasteiger partial charge in [0.15, 0.2) is 5.65 Å². The van der Waals surface area contributed by atoms with Gasteiger partial charge in [0, 0.05) is 37.6 Å². The van der Waals surface area contributed by atoms with E-state index in [1.165, 1.54) is 4.52 Å². The van der Waals surface area contributed by atoms with Crippen LogP contribution in [0.5, 0.6) is 0 Å². The molecule has 6 nitrogen and oxygen atoms in total. The van der Waals surface area contributed by atoms with E-state index in [4.69, 9.17) is 4.98 Å². The van der Waals surface area contributed by atoms with Crippen LogP contribution in [0.15, 0.2) is 71.5 Å². The second kappa shape index (κ2) is 7.30. The molecule has 0 aliphatic carbocycles. The van der Waals surface area contributed by atoms with Crippen molar-refractivity contribution in [2.45, 2.75) is 25.8 Å². The molecule has 1 N–H and O–H groups in total. The number of nitrogens with one attached hydrogen (secondary N) is 1. The van der Waals surface area contributed by atoms with Gasteiger partial charge in [0.25, 0.3) is 5.56 Å². The third-order valence-electron chi connectivity index (χ3n) is 5.65. The fraction of sp³-hybridized carbons (Fsp3) is 0.208. The first-order valence-electron chi connectivity index (χ1n) is 10.1. The van der Waals surface area contributed by atoms with E-state index in [1.807, 2.05) is 66.4 Å². The first kappa shape index (κ1) is 18.4. The molecule has 5 rings (SSSR count). The molecule has 2 aromatic carbocycles. The molecule has 1 atom stereocenters. The van der Waals surface area contributed by atoms with Crippen molar-refractivity contribution in [3.8, 4) is 11.3 Å². The lowest BCUT2D eigenvalue weighted by molar-refractivity contribution is -0.128. The summed E-state index contributed by atoms with van der Waals surface area (Å²) in [6.45, 7) is 3.19. The summed E-state index contributed by atoms with van der Waals surface area (Å²) in [7, 11) is 0. The summed E-state index contributed by atoms with van der Waals surface area (Å²) in [5, 5.41) is 3.14. The third-order valence-corrected chi connectivity index (χ3v) is 5.65. The summed E-state index contributed by atoms with van der Waals surface area (Å²) in [6.07, 6.45) is 0.380. The molecule has 6 heteroatoms. The molecule has 0 spiro atoms. The van der Waals surface area contributed by atoms with E-state index >= 15 is 0 Å². The van der Waals surface area contributed by atoms with Gasteiger partial charge in [-0.3, -0.25) is 14.7 Å². The average Bonchev–Trinajstić information content (AvgIpc) is 3.33. The zero-order chi connectivity index (χ0) is 20.7. The first-order valence-corrected chi connectivity index (χ1v) is 10.1. The minimum atomic E-state index is -0.164. The van der Waals surface area contributed by atoms with Gasteiger partial charge in [0.2, 0.25) is 5.91 Å². The van der Waals surface area contributed by atoms with Crippen LogP contribution in [0, 0.1) is 6.92 Å². The standard InChI is InChI=1S/C24H22N4O2/c1-16-6-5-9-18(10-16)21-12-22-25-20(13-24(30)28(22)26-21)19-11-23(29)27(15-19)14-17-7-3-2-4-8-17/h2-10,12-13,19,26H,11,14-15H2,1H3. The maximum absolute atomic E-state index is 12.7. The summed E-state index contributed by atoms with van der Waals surface area (Å²) in [4.78, 5) is 31.8. The van der Waals surface area contributed by atoms with Crippen LogP contribution in [0.1, 0.15) is 29.2 Å². The third kappa shape index (κ3) is 3.41. The maximum atomic E-state index is 12.7. The van der Waals surface area contributed by atoms with Gasteiger partial charge in [-0.1, -0.05) is 54.1 Å². The lowest BCUT2D eigenvalue weighted by atomic mass is 10.0. The van der Waals surface area contributed by atoms with Gasteiger partial charge in [-0.2, -0.15) is 0 Å². The lowest BCUT2D eigenvalue weighted by Gasteiger charge is -2.16. The van der Waals surface area contributed by atoms with Crippen molar-refractivity contribution in [2.75, 3.05) is 6.54 Å². The topological polar surface area (TPSA) is 70.5 Å². The Labute approximate surface area is 173 Å². The van der Waals surface area contributed by atoms with Crippen LogP contribution in [0.25, 0.3) is 16.9 Å². The summed E-state index contributed by atoms with van der Waals surface area (Å²) in [5.41, 5.74) is 5.18.